The summed E-state index contributed by atoms with van der Waals surface area (Å²) in [6, 6.07) is 7.67. The van der Waals surface area contributed by atoms with E-state index in [1.165, 1.54) is 0 Å². The smallest absolute Gasteiger partial charge is 0.211 e. The summed E-state index contributed by atoms with van der Waals surface area (Å²) in [5, 5.41) is 8.56. The molecule has 0 fully saturated rings. The lowest BCUT2D eigenvalue weighted by Gasteiger charge is -2.06. The molecule has 16 heavy (non-hydrogen) atoms. The Morgan fingerprint density at radius 1 is 1.38 bits per heavy atom. The fourth-order valence-electron chi connectivity index (χ4n) is 1.34. The maximum absolute atomic E-state index is 11.4. The summed E-state index contributed by atoms with van der Waals surface area (Å²) in [6.07, 6.45) is 0.267. The third kappa shape index (κ3) is 4.74. The molecule has 0 saturated heterocycles. The molecule has 0 bridgehead atoms. The molecule has 0 saturated carbocycles. The van der Waals surface area contributed by atoms with Gasteiger partial charge in [0.2, 0.25) is 10.0 Å². The predicted octanol–water partition coefficient (Wildman–Crippen LogP) is 0.797. The fraction of sp³-hybridized carbons (Fsp3) is 0.455. The Kier molecular flexibility index (Phi) is 4.92. The predicted molar refractivity (Wildman–Crippen MR) is 63.5 cm³/mol. The van der Waals surface area contributed by atoms with Gasteiger partial charge in [-0.3, -0.25) is 0 Å². The molecule has 5 heteroatoms. The number of nitrogens with one attached hydrogen (secondary N) is 1. The monoisotopic (exact) mass is 243 g/mol. The van der Waals surface area contributed by atoms with Crippen molar-refractivity contribution in [2.45, 2.75) is 19.9 Å². The third-order valence-electron chi connectivity index (χ3n) is 2.15. The average Bonchev–Trinajstić information content (AvgIpc) is 2.24. The van der Waals surface area contributed by atoms with E-state index >= 15 is 0 Å². The molecule has 0 radical (unpaired) electrons. The van der Waals surface area contributed by atoms with Gasteiger partial charge in [0.1, 0.15) is 0 Å². The zero-order valence-electron chi connectivity index (χ0n) is 9.31. The Balaban J connectivity index is 2.51. The summed E-state index contributed by atoms with van der Waals surface area (Å²) in [7, 11) is -3.26. The summed E-state index contributed by atoms with van der Waals surface area (Å²) in [6.45, 7) is 2.16. The molecule has 90 valence electrons. The number of hydrogen-bond acceptors (Lipinski definition) is 3. The largest absolute Gasteiger partial charge is 0.396 e. The van der Waals surface area contributed by atoms with Gasteiger partial charge in [0, 0.05) is 13.2 Å². The minimum absolute atomic E-state index is 0.0324. The molecule has 1 rings (SSSR count). The van der Waals surface area contributed by atoms with Crippen molar-refractivity contribution in [1.29, 1.82) is 0 Å². The minimum atomic E-state index is -3.26. The van der Waals surface area contributed by atoms with Crippen LogP contribution in [-0.4, -0.2) is 25.9 Å². The molecule has 0 unspecified atom stereocenters. The number of aliphatic hydroxyl groups excluding tert-OH is 1. The first-order valence-electron chi connectivity index (χ1n) is 5.17. The van der Waals surface area contributed by atoms with Crippen molar-refractivity contribution in [3.05, 3.63) is 35.4 Å². The molecule has 2 N–H and O–H groups in total. The van der Waals surface area contributed by atoms with Crippen LogP contribution in [0.2, 0.25) is 0 Å². The number of sulfonamides is 1. The Labute approximate surface area is 96.4 Å². The van der Waals surface area contributed by atoms with Crippen LogP contribution < -0.4 is 4.72 Å². The standard InChI is InChI=1S/C11H17NO3S/c1-10-4-2-5-11(8-10)9-12-16(14,15)7-3-6-13/h2,4-5,8,12-13H,3,6-7,9H2,1H3. The maximum atomic E-state index is 11.4. The highest BCUT2D eigenvalue weighted by Crippen LogP contribution is 2.04. The summed E-state index contributed by atoms with van der Waals surface area (Å²) in [5.41, 5.74) is 2.04. The summed E-state index contributed by atoms with van der Waals surface area (Å²) in [5.74, 6) is -0.0324. The highest BCUT2D eigenvalue weighted by molar-refractivity contribution is 7.89. The van der Waals surface area contributed by atoms with Crippen LogP contribution in [0.1, 0.15) is 17.5 Å². The highest BCUT2D eigenvalue weighted by Gasteiger charge is 2.08. The van der Waals surface area contributed by atoms with Crippen LogP contribution in [0.4, 0.5) is 0 Å². The molecule has 1 aromatic carbocycles. The molecule has 0 aliphatic carbocycles. The zero-order chi connectivity index (χ0) is 12.0. The Bertz CT molecular complexity index is 429. The van der Waals surface area contributed by atoms with Gasteiger partial charge in [0.25, 0.3) is 0 Å². The molecule has 0 heterocycles. The normalized spacial score (nSPS) is 11.6. The average molecular weight is 243 g/mol. The molecule has 0 aromatic heterocycles. The molecule has 4 nitrogen and oxygen atoms in total. The highest BCUT2D eigenvalue weighted by atomic mass is 32.2. The SMILES string of the molecule is Cc1cccc(CNS(=O)(=O)CCCO)c1. The summed E-state index contributed by atoms with van der Waals surface area (Å²) < 4.78 is 25.3. The van der Waals surface area contributed by atoms with Crippen molar-refractivity contribution in [2.75, 3.05) is 12.4 Å². The Morgan fingerprint density at radius 3 is 2.75 bits per heavy atom. The zero-order valence-corrected chi connectivity index (χ0v) is 10.1. The van der Waals surface area contributed by atoms with Gasteiger partial charge >= 0.3 is 0 Å². The minimum Gasteiger partial charge on any atom is -0.396 e. The lowest BCUT2D eigenvalue weighted by molar-refractivity contribution is 0.295. The van der Waals surface area contributed by atoms with Crippen molar-refractivity contribution >= 4 is 10.0 Å². The summed E-state index contributed by atoms with van der Waals surface area (Å²) >= 11 is 0. The van der Waals surface area contributed by atoms with E-state index in [2.05, 4.69) is 4.72 Å². The molecule has 0 amide bonds. The Morgan fingerprint density at radius 2 is 2.12 bits per heavy atom. The molecule has 0 aliphatic rings. The van der Waals surface area contributed by atoms with Crippen LogP contribution in [0.15, 0.2) is 24.3 Å². The van der Waals surface area contributed by atoms with Crippen LogP contribution in [0.3, 0.4) is 0 Å². The quantitative estimate of drug-likeness (QED) is 0.776. The van der Waals surface area contributed by atoms with E-state index in [0.717, 1.165) is 11.1 Å². The van der Waals surface area contributed by atoms with E-state index in [1.54, 1.807) is 0 Å². The van der Waals surface area contributed by atoms with Gasteiger partial charge in [-0.25, -0.2) is 13.1 Å². The van der Waals surface area contributed by atoms with E-state index in [4.69, 9.17) is 5.11 Å². The molecule has 0 atom stereocenters. The van der Waals surface area contributed by atoms with E-state index in [1.807, 2.05) is 31.2 Å². The number of benzene rings is 1. The lowest BCUT2D eigenvalue weighted by Crippen LogP contribution is -2.26. The van der Waals surface area contributed by atoms with Gasteiger partial charge in [0.15, 0.2) is 0 Å². The first-order chi connectivity index (χ1) is 7.53. The number of rotatable bonds is 6. The van der Waals surface area contributed by atoms with Gasteiger partial charge in [-0.1, -0.05) is 29.8 Å². The van der Waals surface area contributed by atoms with Crippen molar-refractivity contribution in [2.24, 2.45) is 0 Å². The molecular formula is C11H17NO3S. The molecule has 1 aromatic rings. The maximum Gasteiger partial charge on any atom is 0.211 e. The Hall–Kier alpha value is -0.910. The van der Waals surface area contributed by atoms with Crippen LogP contribution in [-0.2, 0) is 16.6 Å². The molecule has 0 spiro atoms. The van der Waals surface area contributed by atoms with Crippen LogP contribution in [0.5, 0.6) is 0 Å². The van der Waals surface area contributed by atoms with Crippen molar-refractivity contribution in [1.82, 2.24) is 4.72 Å². The van der Waals surface area contributed by atoms with E-state index in [-0.39, 0.29) is 18.8 Å². The number of aryl methyl sites for hydroxylation is 1. The van der Waals surface area contributed by atoms with Gasteiger partial charge in [0.05, 0.1) is 5.75 Å². The van der Waals surface area contributed by atoms with Crippen LogP contribution in [0, 0.1) is 6.92 Å². The van der Waals surface area contributed by atoms with Gasteiger partial charge in [-0.15, -0.1) is 0 Å². The lowest BCUT2D eigenvalue weighted by atomic mass is 10.1. The molecule has 0 aliphatic heterocycles. The van der Waals surface area contributed by atoms with Crippen molar-refractivity contribution in [3.8, 4) is 0 Å². The van der Waals surface area contributed by atoms with Crippen LogP contribution in [0.25, 0.3) is 0 Å². The van der Waals surface area contributed by atoms with Crippen LogP contribution >= 0.6 is 0 Å². The summed E-state index contributed by atoms with van der Waals surface area (Å²) in [4.78, 5) is 0. The topological polar surface area (TPSA) is 66.4 Å². The van der Waals surface area contributed by atoms with E-state index in [9.17, 15) is 8.42 Å². The van der Waals surface area contributed by atoms with Gasteiger partial charge < -0.3 is 5.11 Å². The second kappa shape index (κ2) is 5.98. The fourth-order valence-corrected chi connectivity index (χ4v) is 2.38. The van der Waals surface area contributed by atoms with E-state index in [0.29, 0.717) is 6.54 Å². The second-order valence-corrected chi connectivity index (χ2v) is 5.63. The first-order valence-corrected chi connectivity index (χ1v) is 6.82. The second-order valence-electron chi connectivity index (χ2n) is 3.71. The third-order valence-corrected chi connectivity index (χ3v) is 3.56. The van der Waals surface area contributed by atoms with Crippen molar-refractivity contribution < 1.29 is 13.5 Å². The number of hydrogen-bond donors (Lipinski definition) is 2. The van der Waals surface area contributed by atoms with E-state index < -0.39 is 10.0 Å². The van der Waals surface area contributed by atoms with Crippen molar-refractivity contribution in [3.63, 3.8) is 0 Å². The van der Waals surface area contributed by atoms with Gasteiger partial charge in [-0.05, 0) is 18.9 Å². The molecular weight excluding hydrogens is 226 g/mol. The van der Waals surface area contributed by atoms with Gasteiger partial charge in [-0.2, -0.15) is 0 Å². The first kappa shape index (κ1) is 13.2. The number of aliphatic hydroxyl groups is 1.